The SMILES string of the molecule is C=CCN(C)C(=O)NCC[C@H](O)C(=O)O. The summed E-state index contributed by atoms with van der Waals surface area (Å²) >= 11 is 0. The van der Waals surface area contributed by atoms with Gasteiger partial charge in [0, 0.05) is 26.6 Å². The predicted molar refractivity (Wildman–Crippen MR) is 54.5 cm³/mol. The number of carboxylic acids is 1. The molecule has 0 aliphatic heterocycles. The molecule has 0 rings (SSSR count). The first-order valence-electron chi connectivity index (χ1n) is 4.49. The van der Waals surface area contributed by atoms with Gasteiger partial charge in [-0.05, 0) is 0 Å². The van der Waals surface area contributed by atoms with E-state index in [9.17, 15) is 9.59 Å². The van der Waals surface area contributed by atoms with Crippen LogP contribution in [0.4, 0.5) is 4.79 Å². The van der Waals surface area contributed by atoms with Crippen molar-refractivity contribution in [1.82, 2.24) is 10.2 Å². The van der Waals surface area contributed by atoms with Gasteiger partial charge in [-0.2, -0.15) is 0 Å². The lowest BCUT2D eigenvalue weighted by Crippen LogP contribution is -2.39. The molecule has 0 fully saturated rings. The minimum absolute atomic E-state index is 0.0109. The van der Waals surface area contributed by atoms with Crippen LogP contribution in [0, 0.1) is 0 Å². The summed E-state index contributed by atoms with van der Waals surface area (Å²) in [5, 5.41) is 19.7. The summed E-state index contributed by atoms with van der Waals surface area (Å²) in [4.78, 5) is 22.8. The van der Waals surface area contributed by atoms with Crippen molar-refractivity contribution < 1.29 is 19.8 Å². The number of aliphatic hydroxyl groups is 1. The normalized spacial score (nSPS) is 11.6. The van der Waals surface area contributed by atoms with Crippen LogP contribution in [0.2, 0.25) is 0 Å². The average Bonchev–Trinajstić information content (AvgIpc) is 2.17. The number of carbonyl (C=O) groups is 2. The van der Waals surface area contributed by atoms with E-state index < -0.39 is 12.1 Å². The Morgan fingerprint density at radius 2 is 2.20 bits per heavy atom. The molecule has 0 aliphatic rings. The molecule has 2 amide bonds. The van der Waals surface area contributed by atoms with E-state index in [2.05, 4.69) is 11.9 Å². The molecule has 0 spiro atoms. The number of likely N-dealkylation sites (N-methyl/N-ethyl adjacent to an activating group) is 1. The van der Waals surface area contributed by atoms with Crippen LogP contribution >= 0.6 is 0 Å². The van der Waals surface area contributed by atoms with Crippen LogP contribution in [0.25, 0.3) is 0 Å². The molecule has 6 heteroatoms. The smallest absolute Gasteiger partial charge is 0.332 e. The molecule has 15 heavy (non-hydrogen) atoms. The number of hydrogen-bond acceptors (Lipinski definition) is 3. The summed E-state index contributed by atoms with van der Waals surface area (Å²) in [6.07, 6.45) is 0.129. The van der Waals surface area contributed by atoms with E-state index in [1.165, 1.54) is 4.90 Å². The van der Waals surface area contributed by atoms with E-state index in [4.69, 9.17) is 10.2 Å². The van der Waals surface area contributed by atoms with Crippen LogP contribution in [0.15, 0.2) is 12.7 Å². The molecule has 0 radical (unpaired) electrons. The van der Waals surface area contributed by atoms with E-state index in [1.807, 2.05) is 0 Å². The highest BCUT2D eigenvalue weighted by Gasteiger charge is 2.13. The van der Waals surface area contributed by atoms with Crippen LogP contribution in [0.1, 0.15) is 6.42 Å². The van der Waals surface area contributed by atoms with Crippen molar-refractivity contribution in [1.29, 1.82) is 0 Å². The fraction of sp³-hybridized carbons (Fsp3) is 0.556. The number of rotatable bonds is 6. The molecule has 3 N–H and O–H groups in total. The zero-order chi connectivity index (χ0) is 11.8. The second-order valence-electron chi connectivity index (χ2n) is 3.04. The molecule has 0 aromatic rings. The standard InChI is InChI=1S/C9H16N2O4/c1-3-6-11(2)9(15)10-5-4-7(12)8(13)14/h3,7,12H,1,4-6H2,2H3,(H,10,15)(H,13,14)/t7-/m0/s1. The molecular weight excluding hydrogens is 200 g/mol. The lowest BCUT2D eigenvalue weighted by Gasteiger charge is -2.16. The molecule has 0 saturated heterocycles. The molecule has 0 bridgehead atoms. The van der Waals surface area contributed by atoms with Crippen molar-refractivity contribution >= 4 is 12.0 Å². The fourth-order valence-corrected chi connectivity index (χ4v) is 0.851. The fourth-order valence-electron chi connectivity index (χ4n) is 0.851. The van der Waals surface area contributed by atoms with Gasteiger partial charge in [0.15, 0.2) is 6.10 Å². The minimum Gasteiger partial charge on any atom is -0.479 e. The third-order valence-corrected chi connectivity index (χ3v) is 1.73. The van der Waals surface area contributed by atoms with E-state index in [-0.39, 0.29) is 19.0 Å². The average molecular weight is 216 g/mol. The van der Waals surface area contributed by atoms with Gasteiger partial charge in [0.2, 0.25) is 0 Å². The van der Waals surface area contributed by atoms with Gasteiger partial charge in [0.05, 0.1) is 0 Å². The zero-order valence-electron chi connectivity index (χ0n) is 8.64. The van der Waals surface area contributed by atoms with E-state index in [0.717, 1.165) is 0 Å². The molecule has 1 atom stereocenters. The molecule has 0 unspecified atom stereocenters. The van der Waals surface area contributed by atoms with Crippen LogP contribution in [-0.4, -0.2) is 53.4 Å². The number of carbonyl (C=O) groups excluding carboxylic acids is 1. The van der Waals surface area contributed by atoms with Crippen molar-refractivity contribution in [3.63, 3.8) is 0 Å². The monoisotopic (exact) mass is 216 g/mol. The summed E-state index contributed by atoms with van der Waals surface area (Å²) in [7, 11) is 1.59. The molecule has 0 heterocycles. The number of amides is 2. The molecule has 0 saturated carbocycles. The van der Waals surface area contributed by atoms with Gasteiger partial charge in [0.25, 0.3) is 0 Å². The van der Waals surface area contributed by atoms with Gasteiger partial charge in [-0.3, -0.25) is 0 Å². The maximum Gasteiger partial charge on any atom is 0.332 e. The second-order valence-corrected chi connectivity index (χ2v) is 3.04. The lowest BCUT2D eigenvalue weighted by molar-refractivity contribution is -0.146. The number of urea groups is 1. The Labute approximate surface area is 88.2 Å². The lowest BCUT2D eigenvalue weighted by atomic mass is 10.2. The van der Waals surface area contributed by atoms with Crippen molar-refractivity contribution in [2.45, 2.75) is 12.5 Å². The summed E-state index contributed by atoms with van der Waals surface area (Å²) in [5.74, 6) is -1.29. The Morgan fingerprint density at radius 3 is 2.67 bits per heavy atom. The van der Waals surface area contributed by atoms with Gasteiger partial charge in [0.1, 0.15) is 0 Å². The van der Waals surface area contributed by atoms with Gasteiger partial charge in [-0.15, -0.1) is 6.58 Å². The Balaban J connectivity index is 3.72. The first-order chi connectivity index (χ1) is 6.99. The number of nitrogens with one attached hydrogen (secondary N) is 1. The molecule has 86 valence electrons. The Hall–Kier alpha value is -1.56. The molecular formula is C9H16N2O4. The summed E-state index contributed by atoms with van der Waals surface area (Å²) in [6.45, 7) is 4.00. The predicted octanol–water partition coefficient (Wildman–Crippen LogP) is -0.351. The van der Waals surface area contributed by atoms with Gasteiger partial charge < -0.3 is 20.4 Å². The Kier molecular flexibility index (Phi) is 6.12. The number of hydrogen-bond donors (Lipinski definition) is 3. The first kappa shape index (κ1) is 13.4. The number of aliphatic hydroxyl groups excluding tert-OH is 1. The maximum absolute atomic E-state index is 11.2. The quantitative estimate of drug-likeness (QED) is 0.529. The maximum atomic E-state index is 11.2. The molecule has 0 aliphatic carbocycles. The molecule has 0 aromatic carbocycles. The summed E-state index contributed by atoms with van der Waals surface area (Å²) in [6, 6.07) is -0.326. The highest BCUT2D eigenvalue weighted by molar-refractivity contribution is 5.74. The van der Waals surface area contributed by atoms with E-state index in [0.29, 0.717) is 6.54 Å². The largest absolute Gasteiger partial charge is 0.479 e. The van der Waals surface area contributed by atoms with Crippen molar-refractivity contribution in [2.75, 3.05) is 20.1 Å². The molecule has 6 nitrogen and oxygen atoms in total. The zero-order valence-corrected chi connectivity index (χ0v) is 8.64. The van der Waals surface area contributed by atoms with Gasteiger partial charge in [-0.1, -0.05) is 6.08 Å². The van der Waals surface area contributed by atoms with E-state index in [1.54, 1.807) is 13.1 Å². The number of nitrogens with zero attached hydrogens (tertiary/aromatic N) is 1. The third-order valence-electron chi connectivity index (χ3n) is 1.73. The van der Waals surface area contributed by atoms with Gasteiger partial charge in [-0.25, -0.2) is 9.59 Å². The summed E-state index contributed by atoms with van der Waals surface area (Å²) in [5.41, 5.74) is 0. The highest BCUT2D eigenvalue weighted by atomic mass is 16.4. The Morgan fingerprint density at radius 1 is 1.60 bits per heavy atom. The first-order valence-corrected chi connectivity index (χ1v) is 4.49. The summed E-state index contributed by atoms with van der Waals surface area (Å²) < 4.78 is 0. The third kappa shape index (κ3) is 5.69. The number of carboxylic acid groups (broad SMARTS) is 1. The van der Waals surface area contributed by atoms with Crippen molar-refractivity contribution in [3.05, 3.63) is 12.7 Å². The Bertz CT molecular complexity index is 242. The minimum atomic E-state index is -1.44. The van der Waals surface area contributed by atoms with Crippen molar-refractivity contribution in [2.24, 2.45) is 0 Å². The second kappa shape index (κ2) is 6.83. The van der Waals surface area contributed by atoms with Crippen LogP contribution < -0.4 is 5.32 Å². The number of aliphatic carboxylic acids is 1. The van der Waals surface area contributed by atoms with Crippen LogP contribution in [-0.2, 0) is 4.79 Å². The molecule has 0 aromatic heterocycles. The van der Waals surface area contributed by atoms with Crippen molar-refractivity contribution in [3.8, 4) is 0 Å². The topological polar surface area (TPSA) is 89.9 Å². The van der Waals surface area contributed by atoms with Crippen LogP contribution in [0.5, 0.6) is 0 Å². The highest BCUT2D eigenvalue weighted by Crippen LogP contribution is 1.90. The van der Waals surface area contributed by atoms with Gasteiger partial charge >= 0.3 is 12.0 Å². The van der Waals surface area contributed by atoms with Crippen LogP contribution in [0.3, 0.4) is 0 Å². The van der Waals surface area contributed by atoms with E-state index >= 15 is 0 Å².